The number of cyclic esters (lactones) is 1. The van der Waals surface area contributed by atoms with Crippen molar-refractivity contribution in [3.8, 4) is 0 Å². The normalized spacial score (nSPS) is 18.6. The lowest BCUT2D eigenvalue weighted by atomic mass is 9.94. The van der Waals surface area contributed by atoms with Gasteiger partial charge in [-0.2, -0.15) is 0 Å². The second-order valence-electron chi connectivity index (χ2n) is 4.58. The zero-order valence-electron chi connectivity index (χ0n) is 10.5. The third kappa shape index (κ3) is 2.58. The molecule has 0 saturated heterocycles. The van der Waals surface area contributed by atoms with Gasteiger partial charge in [-0.3, -0.25) is 0 Å². The maximum Gasteiger partial charge on any atom is 0.331 e. The smallest absolute Gasteiger partial charge is 0.331 e. The molecule has 1 aliphatic heterocycles. The Hall–Kier alpha value is -2.35. The van der Waals surface area contributed by atoms with E-state index in [1.54, 1.807) is 6.08 Å². The van der Waals surface area contributed by atoms with Crippen molar-refractivity contribution in [2.45, 2.75) is 12.5 Å². The average molecular weight is 250 g/mol. The highest BCUT2D eigenvalue weighted by Crippen LogP contribution is 2.33. The molecule has 1 aliphatic rings. The van der Waals surface area contributed by atoms with Gasteiger partial charge in [-0.05, 0) is 16.7 Å². The van der Waals surface area contributed by atoms with Crippen LogP contribution in [0.2, 0.25) is 0 Å². The Morgan fingerprint density at radius 3 is 2.21 bits per heavy atom. The van der Waals surface area contributed by atoms with Gasteiger partial charge in [0.1, 0.15) is 6.10 Å². The highest BCUT2D eigenvalue weighted by Gasteiger charge is 2.23. The van der Waals surface area contributed by atoms with Crippen molar-refractivity contribution in [2.75, 3.05) is 0 Å². The zero-order chi connectivity index (χ0) is 13.1. The monoisotopic (exact) mass is 250 g/mol. The molecule has 0 radical (unpaired) electrons. The molecular formula is C17H14O2. The van der Waals surface area contributed by atoms with Gasteiger partial charge in [0.2, 0.25) is 0 Å². The molecule has 0 saturated carbocycles. The highest BCUT2D eigenvalue weighted by molar-refractivity contribution is 5.93. The summed E-state index contributed by atoms with van der Waals surface area (Å²) in [5, 5.41) is 0. The van der Waals surface area contributed by atoms with Crippen LogP contribution in [0.25, 0.3) is 5.57 Å². The van der Waals surface area contributed by atoms with E-state index in [1.807, 2.05) is 60.7 Å². The lowest BCUT2D eigenvalue weighted by Gasteiger charge is -2.23. The fourth-order valence-corrected chi connectivity index (χ4v) is 2.32. The Kier molecular flexibility index (Phi) is 3.15. The van der Waals surface area contributed by atoms with Gasteiger partial charge in [0.25, 0.3) is 0 Å². The van der Waals surface area contributed by atoms with Gasteiger partial charge in [-0.15, -0.1) is 0 Å². The SMILES string of the molecule is O=C1C=C(c2ccccc2)C[C@H](c2ccccc2)O1. The van der Waals surface area contributed by atoms with Crippen LogP contribution in [-0.4, -0.2) is 5.97 Å². The zero-order valence-corrected chi connectivity index (χ0v) is 10.5. The van der Waals surface area contributed by atoms with Crippen molar-refractivity contribution < 1.29 is 9.53 Å². The molecule has 0 aromatic heterocycles. The number of benzene rings is 2. The van der Waals surface area contributed by atoms with Gasteiger partial charge in [-0.1, -0.05) is 60.7 Å². The summed E-state index contributed by atoms with van der Waals surface area (Å²) in [6.45, 7) is 0. The molecule has 1 atom stereocenters. The first kappa shape index (κ1) is 11.7. The maximum atomic E-state index is 11.7. The second kappa shape index (κ2) is 5.11. The molecule has 2 aromatic carbocycles. The van der Waals surface area contributed by atoms with E-state index in [1.165, 1.54) is 0 Å². The van der Waals surface area contributed by atoms with Gasteiger partial charge in [0.05, 0.1) is 0 Å². The van der Waals surface area contributed by atoms with Crippen LogP contribution in [0.15, 0.2) is 66.7 Å². The predicted molar refractivity (Wildman–Crippen MR) is 74.3 cm³/mol. The molecule has 3 rings (SSSR count). The Labute approximate surface area is 112 Å². The fourth-order valence-electron chi connectivity index (χ4n) is 2.32. The van der Waals surface area contributed by atoms with E-state index < -0.39 is 0 Å². The quantitative estimate of drug-likeness (QED) is 0.759. The Morgan fingerprint density at radius 1 is 0.895 bits per heavy atom. The first-order valence-electron chi connectivity index (χ1n) is 6.34. The maximum absolute atomic E-state index is 11.7. The van der Waals surface area contributed by atoms with E-state index >= 15 is 0 Å². The summed E-state index contributed by atoms with van der Waals surface area (Å²) >= 11 is 0. The van der Waals surface area contributed by atoms with Crippen molar-refractivity contribution in [1.82, 2.24) is 0 Å². The van der Waals surface area contributed by atoms with Gasteiger partial charge in [0, 0.05) is 12.5 Å². The van der Waals surface area contributed by atoms with Gasteiger partial charge >= 0.3 is 5.97 Å². The minimum absolute atomic E-state index is 0.186. The molecule has 0 fully saturated rings. The Morgan fingerprint density at radius 2 is 1.53 bits per heavy atom. The third-order valence-electron chi connectivity index (χ3n) is 3.27. The first-order chi connectivity index (χ1) is 9.33. The van der Waals surface area contributed by atoms with E-state index in [4.69, 9.17) is 4.74 Å². The van der Waals surface area contributed by atoms with Crippen LogP contribution in [0.5, 0.6) is 0 Å². The topological polar surface area (TPSA) is 26.3 Å². The largest absolute Gasteiger partial charge is 0.454 e. The minimum atomic E-state index is -0.265. The number of ether oxygens (including phenoxy) is 1. The van der Waals surface area contributed by atoms with Crippen LogP contribution < -0.4 is 0 Å². The van der Waals surface area contributed by atoms with E-state index in [0.29, 0.717) is 0 Å². The number of esters is 1. The molecule has 2 aromatic rings. The summed E-state index contributed by atoms with van der Waals surface area (Å²) in [5.41, 5.74) is 3.16. The van der Waals surface area contributed by atoms with Crippen molar-refractivity contribution in [2.24, 2.45) is 0 Å². The molecule has 0 spiro atoms. The van der Waals surface area contributed by atoms with E-state index in [2.05, 4.69) is 0 Å². The van der Waals surface area contributed by atoms with Crippen molar-refractivity contribution in [1.29, 1.82) is 0 Å². The van der Waals surface area contributed by atoms with Crippen LogP contribution in [0.1, 0.15) is 23.7 Å². The van der Waals surface area contributed by atoms with Crippen LogP contribution in [0.4, 0.5) is 0 Å². The van der Waals surface area contributed by atoms with Crippen molar-refractivity contribution in [3.63, 3.8) is 0 Å². The molecule has 0 N–H and O–H groups in total. The van der Waals surface area contributed by atoms with Crippen molar-refractivity contribution >= 4 is 11.5 Å². The van der Waals surface area contributed by atoms with Gasteiger partial charge in [0.15, 0.2) is 0 Å². The van der Waals surface area contributed by atoms with E-state index in [9.17, 15) is 4.79 Å². The molecular weight excluding hydrogens is 236 g/mol. The molecule has 19 heavy (non-hydrogen) atoms. The standard InChI is InChI=1S/C17H14O2/c18-17-12-15(13-7-3-1-4-8-13)11-16(19-17)14-9-5-2-6-10-14/h1-10,12,16H,11H2/t16-/m1/s1. The lowest BCUT2D eigenvalue weighted by molar-refractivity contribution is -0.144. The van der Waals surface area contributed by atoms with Crippen molar-refractivity contribution in [3.05, 3.63) is 77.9 Å². The van der Waals surface area contributed by atoms with E-state index in [-0.39, 0.29) is 12.1 Å². The molecule has 2 nitrogen and oxygen atoms in total. The molecule has 2 heteroatoms. The number of hydrogen-bond acceptors (Lipinski definition) is 2. The number of rotatable bonds is 2. The molecule has 0 amide bonds. The fraction of sp³-hybridized carbons (Fsp3) is 0.118. The number of carbonyl (C=O) groups is 1. The predicted octanol–water partition coefficient (Wildman–Crippen LogP) is 3.76. The van der Waals surface area contributed by atoms with Crippen LogP contribution in [-0.2, 0) is 9.53 Å². The first-order valence-corrected chi connectivity index (χ1v) is 6.34. The minimum Gasteiger partial charge on any atom is -0.454 e. The summed E-state index contributed by atoms with van der Waals surface area (Å²) in [6, 6.07) is 19.8. The molecule has 0 aliphatic carbocycles. The molecule has 94 valence electrons. The summed E-state index contributed by atoms with van der Waals surface area (Å²) in [4.78, 5) is 11.7. The van der Waals surface area contributed by atoms with Gasteiger partial charge in [-0.25, -0.2) is 4.79 Å². The molecule has 1 heterocycles. The number of hydrogen-bond donors (Lipinski definition) is 0. The average Bonchev–Trinajstić information content (AvgIpc) is 2.48. The second-order valence-corrected chi connectivity index (χ2v) is 4.58. The summed E-state index contributed by atoms with van der Waals surface area (Å²) < 4.78 is 5.41. The van der Waals surface area contributed by atoms with Crippen LogP contribution >= 0.6 is 0 Å². The van der Waals surface area contributed by atoms with Crippen LogP contribution in [0.3, 0.4) is 0 Å². The molecule has 0 bridgehead atoms. The van der Waals surface area contributed by atoms with Gasteiger partial charge < -0.3 is 4.74 Å². The number of carbonyl (C=O) groups excluding carboxylic acids is 1. The Bertz CT molecular complexity index is 600. The summed E-state index contributed by atoms with van der Waals surface area (Å²) in [5.74, 6) is -0.265. The third-order valence-corrected chi connectivity index (χ3v) is 3.27. The molecule has 0 unspecified atom stereocenters. The summed E-state index contributed by atoms with van der Waals surface area (Å²) in [6.07, 6.45) is 2.13. The van der Waals surface area contributed by atoms with Crippen LogP contribution in [0, 0.1) is 0 Å². The Balaban J connectivity index is 1.90. The lowest BCUT2D eigenvalue weighted by Crippen LogP contribution is -2.15. The van der Waals surface area contributed by atoms with E-state index in [0.717, 1.165) is 23.1 Å². The highest BCUT2D eigenvalue weighted by atomic mass is 16.5. The summed E-state index contributed by atoms with van der Waals surface area (Å²) in [7, 11) is 0.